The molecule has 1 heteroatoms. The summed E-state index contributed by atoms with van der Waals surface area (Å²) < 4.78 is 0. The van der Waals surface area contributed by atoms with Crippen LogP contribution in [-0.4, -0.2) is 8.07 Å². The average Bonchev–Trinajstić information content (AvgIpc) is 2.94. The van der Waals surface area contributed by atoms with Crippen LogP contribution in [-0.2, 0) is 0 Å². The van der Waals surface area contributed by atoms with Crippen molar-refractivity contribution in [1.82, 2.24) is 0 Å². The van der Waals surface area contributed by atoms with Crippen LogP contribution in [0.1, 0.15) is 39.5 Å². The Labute approximate surface area is 119 Å². The maximum atomic E-state index is 2.54. The highest BCUT2D eigenvalue weighted by Gasteiger charge is 2.34. The molecule has 19 heavy (non-hydrogen) atoms. The highest BCUT2D eigenvalue weighted by Crippen LogP contribution is 2.33. The highest BCUT2D eigenvalue weighted by molar-refractivity contribution is 6.97. The first-order chi connectivity index (χ1) is 9.22. The Balaban J connectivity index is 2.29. The summed E-state index contributed by atoms with van der Waals surface area (Å²) in [5.74, 6) is 0. The molecular formula is C18H26Si. The van der Waals surface area contributed by atoms with Gasteiger partial charge in [-0.2, -0.15) is 0 Å². The van der Waals surface area contributed by atoms with Gasteiger partial charge in [-0.1, -0.05) is 91.3 Å². The van der Waals surface area contributed by atoms with Gasteiger partial charge in [0.2, 0.25) is 0 Å². The standard InChI is InChI=1S/C18H26Si/c1-4-6-11-16-12-10-15-18(16)19(3,5-2)17-13-8-7-9-14-17/h7-9,12-15H,4-6,10-11H2,1-3H3. The molecule has 1 aromatic carbocycles. The summed E-state index contributed by atoms with van der Waals surface area (Å²) in [5, 5.41) is 3.31. The molecule has 0 aromatic heterocycles. The first kappa shape index (κ1) is 14.3. The van der Waals surface area contributed by atoms with Crippen LogP contribution in [0.15, 0.2) is 53.3 Å². The molecule has 0 fully saturated rings. The van der Waals surface area contributed by atoms with Gasteiger partial charge in [0, 0.05) is 0 Å². The number of hydrogen-bond donors (Lipinski definition) is 0. The molecule has 102 valence electrons. The van der Waals surface area contributed by atoms with Crippen molar-refractivity contribution >= 4 is 13.3 Å². The predicted octanol–water partition coefficient (Wildman–Crippen LogP) is 4.98. The Morgan fingerprint density at radius 2 is 1.79 bits per heavy atom. The summed E-state index contributed by atoms with van der Waals surface area (Å²) in [6.45, 7) is 7.20. The van der Waals surface area contributed by atoms with Crippen LogP contribution in [0.2, 0.25) is 12.6 Å². The van der Waals surface area contributed by atoms with Gasteiger partial charge in [0.1, 0.15) is 8.07 Å². The van der Waals surface area contributed by atoms with Gasteiger partial charge in [-0.3, -0.25) is 0 Å². The monoisotopic (exact) mass is 270 g/mol. The normalized spacial score (nSPS) is 17.8. The highest BCUT2D eigenvalue weighted by atomic mass is 28.3. The number of benzene rings is 1. The lowest BCUT2D eigenvalue weighted by Gasteiger charge is -2.30. The molecule has 0 nitrogen and oxygen atoms in total. The van der Waals surface area contributed by atoms with Gasteiger partial charge >= 0.3 is 0 Å². The summed E-state index contributed by atoms with van der Waals surface area (Å²) in [7, 11) is -1.49. The van der Waals surface area contributed by atoms with Crippen molar-refractivity contribution in [2.75, 3.05) is 0 Å². The van der Waals surface area contributed by atoms with Crippen LogP contribution < -0.4 is 5.19 Å². The van der Waals surface area contributed by atoms with Crippen molar-refractivity contribution in [1.29, 1.82) is 0 Å². The summed E-state index contributed by atoms with van der Waals surface area (Å²) in [6, 6.07) is 12.5. The SMILES string of the molecule is CCCCC1=CCC=C1[Si](C)(CC)c1ccccc1. The van der Waals surface area contributed by atoms with E-state index in [-0.39, 0.29) is 0 Å². The fourth-order valence-corrected chi connectivity index (χ4v) is 6.63. The summed E-state index contributed by atoms with van der Waals surface area (Å²) >= 11 is 0. The van der Waals surface area contributed by atoms with E-state index in [1.54, 1.807) is 16.0 Å². The predicted molar refractivity (Wildman–Crippen MR) is 88.5 cm³/mol. The van der Waals surface area contributed by atoms with E-state index >= 15 is 0 Å². The third-order valence-electron chi connectivity index (χ3n) is 4.54. The van der Waals surface area contributed by atoms with E-state index in [0.717, 1.165) is 6.42 Å². The van der Waals surface area contributed by atoms with Crippen molar-refractivity contribution in [3.63, 3.8) is 0 Å². The lowest BCUT2D eigenvalue weighted by molar-refractivity contribution is 0.796. The minimum absolute atomic E-state index is 1.16. The van der Waals surface area contributed by atoms with Gasteiger partial charge in [0.25, 0.3) is 0 Å². The van der Waals surface area contributed by atoms with Gasteiger partial charge in [0.15, 0.2) is 0 Å². The van der Waals surface area contributed by atoms with Crippen molar-refractivity contribution < 1.29 is 0 Å². The van der Waals surface area contributed by atoms with Gasteiger partial charge < -0.3 is 0 Å². The molecule has 0 radical (unpaired) electrons. The zero-order valence-corrected chi connectivity index (χ0v) is 13.6. The van der Waals surface area contributed by atoms with Crippen molar-refractivity contribution in [2.45, 2.75) is 52.1 Å². The number of unbranched alkanes of at least 4 members (excludes halogenated alkanes) is 1. The molecule has 0 saturated heterocycles. The van der Waals surface area contributed by atoms with E-state index in [0.29, 0.717) is 0 Å². The molecule has 1 aliphatic rings. The second-order valence-corrected chi connectivity index (χ2v) is 10.2. The summed E-state index contributed by atoms with van der Waals surface area (Å²) in [6.07, 6.45) is 10.0. The van der Waals surface area contributed by atoms with Crippen LogP contribution in [0.4, 0.5) is 0 Å². The lowest BCUT2D eigenvalue weighted by Crippen LogP contribution is -2.46. The van der Waals surface area contributed by atoms with Crippen molar-refractivity contribution in [2.24, 2.45) is 0 Å². The van der Waals surface area contributed by atoms with Crippen LogP contribution in [0.5, 0.6) is 0 Å². The van der Waals surface area contributed by atoms with Gasteiger partial charge in [-0.05, 0) is 19.3 Å². The smallest absolute Gasteiger partial charge is 0.0808 e. The molecule has 1 unspecified atom stereocenters. The fraction of sp³-hybridized carbons (Fsp3) is 0.444. The second-order valence-electron chi connectivity index (χ2n) is 5.74. The molecule has 0 aliphatic heterocycles. The van der Waals surface area contributed by atoms with E-state index in [1.165, 1.54) is 25.3 Å². The Kier molecular flexibility index (Phi) is 4.81. The van der Waals surface area contributed by atoms with Gasteiger partial charge in [-0.25, -0.2) is 0 Å². The van der Waals surface area contributed by atoms with E-state index < -0.39 is 8.07 Å². The average molecular weight is 270 g/mol. The zero-order chi connectivity index (χ0) is 13.7. The molecule has 0 amide bonds. The second kappa shape index (κ2) is 6.38. The van der Waals surface area contributed by atoms with Crippen LogP contribution >= 0.6 is 0 Å². The molecule has 0 bridgehead atoms. The Hall–Kier alpha value is -1.08. The molecule has 0 heterocycles. The van der Waals surface area contributed by atoms with Crippen molar-refractivity contribution in [3.8, 4) is 0 Å². The van der Waals surface area contributed by atoms with Crippen LogP contribution in [0, 0.1) is 0 Å². The number of allylic oxidation sites excluding steroid dienone is 4. The first-order valence-electron chi connectivity index (χ1n) is 7.68. The molecule has 1 aliphatic carbocycles. The van der Waals surface area contributed by atoms with Crippen LogP contribution in [0.3, 0.4) is 0 Å². The lowest BCUT2D eigenvalue weighted by atomic mass is 10.1. The Bertz CT molecular complexity index is 470. The molecule has 0 spiro atoms. The number of rotatable bonds is 6. The zero-order valence-electron chi connectivity index (χ0n) is 12.6. The van der Waals surface area contributed by atoms with E-state index in [2.05, 4.69) is 62.9 Å². The fourth-order valence-electron chi connectivity index (χ4n) is 3.10. The minimum atomic E-state index is -1.49. The van der Waals surface area contributed by atoms with Crippen LogP contribution in [0.25, 0.3) is 0 Å². The largest absolute Gasteiger partial charge is 0.114 e. The van der Waals surface area contributed by atoms with Gasteiger partial charge in [0.05, 0.1) is 0 Å². The molecule has 0 N–H and O–H groups in total. The summed E-state index contributed by atoms with van der Waals surface area (Å²) in [4.78, 5) is 0. The van der Waals surface area contributed by atoms with Gasteiger partial charge in [-0.15, -0.1) is 0 Å². The maximum absolute atomic E-state index is 2.54. The minimum Gasteiger partial charge on any atom is -0.0808 e. The molecule has 0 saturated carbocycles. The van der Waals surface area contributed by atoms with Crippen molar-refractivity contribution in [3.05, 3.63) is 53.3 Å². The van der Waals surface area contributed by atoms with E-state index in [1.807, 2.05) is 0 Å². The first-order valence-corrected chi connectivity index (χ1v) is 10.4. The third-order valence-corrected chi connectivity index (χ3v) is 9.28. The quantitative estimate of drug-likeness (QED) is 0.640. The Morgan fingerprint density at radius 3 is 2.42 bits per heavy atom. The topological polar surface area (TPSA) is 0 Å². The molecule has 1 aromatic rings. The molecule has 1 atom stereocenters. The maximum Gasteiger partial charge on any atom is 0.114 e. The molecular weight excluding hydrogens is 244 g/mol. The van der Waals surface area contributed by atoms with E-state index in [9.17, 15) is 0 Å². The third kappa shape index (κ3) is 2.92. The summed E-state index contributed by atoms with van der Waals surface area (Å²) in [5.41, 5.74) is 1.65. The van der Waals surface area contributed by atoms with E-state index in [4.69, 9.17) is 0 Å². The molecule has 2 rings (SSSR count). The Morgan fingerprint density at radius 1 is 1.05 bits per heavy atom. The number of hydrogen-bond acceptors (Lipinski definition) is 0.